The van der Waals surface area contributed by atoms with Gasteiger partial charge in [-0.3, -0.25) is 4.90 Å². The summed E-state index contributed by atoms with van der Waals surface area (Å²) in [7, 11) is 0. The summed E-state index contributed by atoms with van der Waals surface area (Å²) in [4.78, 5) is 4.71. The van der Waals surface area contributed by atoms with Gasteiger partial charge in [-0.2, -0.15) is 0 Å². The molecule has 1 saturated heterocycles. The van der Waals surface area contributed by atoms with Crippen molar-refractivity contribution in [2.24, 2.45) is 0 Å². The van der Waals surface area contributed by atoms with Crippen LogP contribution >= 0.6 is 12.2 Å². The number of nitrogens with zero attached hydrogens (tertiary/aromatic N) is 2. The number of hydrogen-bond donors (Lipinski definition) is 2. The molecule has 0 atom stereocenters. The molecule has 3 rings (SSSR count). The van der Waals surface area contributed by atoms with Gasteiger partial charge in [-0.1, -0.05) is 18.2 Å². The maximum Gasteiger partial charge on any atom is 0.170 e. The highest BCUT2D eigenvalue weighted by molar-refractivity contribution is 7.80. The first-order valence-electron chi connectivity index (χ1n) is 9.93. The highest BCUT2D eigenvalue weighted by Gasteiger charge is 2.13. The van der Waals surface area contributed by atoms with Crippen LogP contribution in [0.25, 0.3) is 0 Å². The molecule has 0 bridgehead atoms. The second kappa shape index (κ2) is 10.4. The van der Waals surface area contributed by atoms with Gasteiger partial charge in [0, 0.05) is 49.3 Å². The second-order valence-electron chi connectivity index (χ2n) is 7.18. The lowest BCUT2D eigenvalue weighted by molar-refractivity contribution is 0.0389. The van der Waals surface area contributed by atoms with Crippen LogP contribution in [-0.2, 0) is 4.74 Å². The molecule has 1 aliphatic rings. The number of morpholine rings is 1. The van der Waals surface area contributed by atoms with Crippen LogP contribution in [0.2, 0.25) is 0 Å². The van der Waals surface area contributed by atoms with E-state index < -0.39 is 0 Å². The molecule has 6 heteroatoms. The predicted octanol–water partition coefficient (Wildman–Crippen LogP) is 3.85. The first kappa shape index (κ1) is 20.6. The molecule has 150 valence electrons. The predicted molar refractivity (Wildman–Crippen MR) is 122 cm³/mol. The third-order valence-corrected chi connectivity index (χ3v) is 5.02. The van der Waals surface area contributed by atoms with E-state index in [-0.39, 0.29) is 0 Å². The zero-order chi connectivity index (χ0) is 19.8. The number of thiocarbonyl (C=S) groups is 1. The number of para-hydroxylation sites is 1. The molecule has 0 aliphatic carbocycles. The molecule has 1 fully saturated rings. The average Bonchev–Trinajstić information content (AvgIpc) is 2.71. The molecule has 0 unspecified atom stereocenters. The molecule has 2 aromatic rings. The highest BCUT2D eigenvalue weighted by Crippen LogP contribution is 2.28. The Morgan fingerprint density at radius 3 is 2.32 bits per heavy atom. The van der Waals surface area contributed by atoms with Crippen LogP contribution in [0, 0.1) is 0 Å². The van der Waals surface area contributed by atoms with Crippen molar-refractivity contribution < 1.29 is 4.74 Å². The van der Waals surface area contributed by atoms with Gasteiger partial charge in [-0.15, -0.1) is 0 Å². The average molecular weight is 399 g/mol. The molecule has 0 radical (unpaired) electrons. The number of nitrogens with one attached hydrogen (secondary N) is 2. The van der Waals surface area contributed by atoms with Crippen molar-refractivity contribution in [3.8, 4) is 0 Å². The Hall–Kier alpha value is -2.15. The van der Waals surface area contributed by atoms with Gasteiger partial charge in [0.15, 0.2) is 5.11 Å². The van der Waals surface area contributed by atoms with E-state index >= 15 is 0 Å². The topological polar surface area (TPSA) is 39.8 Å². The monoisotopic (exact) mass is 398 g/mol. The third kappa shape index (κ3) is 5.92. The number of benzene rings is 2. The molecule has 0 amide bonds. The minimum absolute atomic E-state index is 0.365. The van der Waals surface area contributed by atoms with Gasteiger partial charge >= 0.3 is 0 Å². The molecule has 2 N–H and O–H groups in total. The van der Waals surface area contributed by atoms with Crippen molar-refractivity contribution in [2.75, 3.05) is 49.6 Å². The van der Waals surface area contributed by atoms with Crippen molar-refractivity contribution in [3.05, 3.63) is 54.6 Å². The summed E-state index contributed by atoms with van der Waals surface area (Å²) in [5, 5.41) is 7.22. The lowest BCUT2D eigenvalue weighted by atomic mass is 10.2. The van der Waals surface area contributed by atoms with Crippen LogP contribution < -0.4 is 15.5 Å². The van der Waals surface area contributed by atoms with Gasteiger partial charge in [0.05, 0.1) is 13.2 Å². The summed E-state index contributed by atoms with van der Waals surface area (Å²) in [6.07, 6.45) is 0. The molecule has 0 spiro atoms. The number of hydrogen-bond acceptors (Lipinski definition) is 4. The maximum absolute atomic E-state index is 5.43. The summed E-state index contributed by atoms with van der Waals surface area (Å²) in [5.74, 6) is 0. The van der Waals surface area contributed by atoms with Crippen LogP contribution in [0.4, 0.5) is 17.1 Å². The zero-order valence-corrected chi connectivity index (χ0v) is 17.5. The summed E-state index contributed by atoms with van der Waals surface area (Å²) >= 11 is 5.43. The minimum Gasteiger partial charge on any atom is -0.379 e. The van der Waals surface area contributed by atoms with E-state index in [0.717, 1.165) is 50.8 Å². The van der Waals surface area contributed by atoms with E-state index in [0.29, 0.717) is 11.2 Å². The fourth-order valence-electron chi connectivity index (χ4n) is 3.37. The van der Waals surface area contributed by atoms with Gasteiger partial charge in [0.1, 0.15) is 0 Å². The zero-order valence-electron chi connectivity index (χ0n) is 16.7. The van der Waals surface area contributed by atoms with E-state index in [2.05, 4.69) is 82.8 Å². The Kier molecular flexibility index (Phi) is 7.65. The maximum atomic E-state index is 5.43. The van der Waals surface area contributed by atoms with Crippen molar-refractivity contribution >= 4 is 34.4 Å². The summed E-state index contributed by atoms with van der Waals surface area (Å²) in [6, 6.07) is 19.2. The first-order chi connectivity index (χ1) is 13.6. The Morgan fingerprint density at radius 1 is 1.04 bits per heavy atom. The SMILES string of the molecule is CC(C)N(c1ccccc1)c1ccc(NC(=S)NCCN2CCOCC2)cc1. The molecular weight excluding hydrogens is 368 g/mol. The van der Waals surface area contributed by atoms with Crippen LogP contribution in [0.3, 0.4) is 0 Å². The third-order valence-electron chi connectivity index (χ3n) is 4.77. The van der Waals surface area contributed by atoms with Crippen LogP contribution in [0.1, 0.15) is 13.8 Å². The van der Waals surface area contributed by atoms with Crippen molar-refractivity contribution in [2.45, 2.75) is 19.9 Å². The molecule has 0 saturated carbocycles. The fraction of sp³-hybridized carbons (Fsp3) is 0.409. The molecule has 28 heavy (non-hydrogen) atoms. The van der Waals surface area contributed by atoms with Gasteiger partial charge in [-0.05, 0) is 62.5 Å². The van der Waals surface area contributed by atoms with E-state index in [1.165, 1.54) is 5.69 Å². The van der Waals surface area contributed by atoms with Gasteiger partial charge in [0.2, 0.25) is 0 Å². The normalized spacial score (nSPS) is 14.7. The molecule has 5 nitrogen and oxygen atoms in total. The van der Waals surface area contributed by atoms with Crippen molar-refractivity contribution in [1.82, 2.24) is 10.2 Å². The van der Waals surface area contributed by atoms with E-state index in [1.54, 1.807) is 0 Å². The number of ether oxygens (including phenoxy) is 1. The van der Waals surface area contributed by atoms with Crippen LogP contribution in [0.5, 0.6) is 0 Å². The highest BCUT2D eigenvalue weighted by atomic mass is 32.1. The standard InChI is InChI=1S/C22H30N4OS/c1-18(2)26(20-6-4-3-5-7-20)21-10-8-19(9-11-21)24-22(28)23-12-13-25-14-16-27-17-15-25/h3-11,18H,12-17H2,1-2H3,(H2,23,24,28). The van der Waals surface area contributed by atoms with Gasteiger partial charge < -0.3 is 20.3 Å². The van der Waals surface area contributed by atoms with E-state index in [9.17, 15) is 0 Å². The van der Waals surface area contributed by atoms with Gasteiger partial charge in [0.25, 0.3) is 0 Å². The summed E-state index contributed by atoms with van der Waals surface area (Å²) < 4.78 is 5.37. The van der Waals surface area contributed by atoms with Crippen molar-refractivity contribution in [1.29, 1.82) is 0 Å². The van der Waals surface area contributed by atoms with Crippen LogP contribution in [0.15, 0.2) is 54.6 Å². The quantitative estimate of drug-likeness (QED) is 0.691. The molecule has 1 heterocycles. The largest absolute Gasteiger partial charge is 0.379 e. The fourth-order valence-corrected chi connectivity index (χ4v) is 3.59. The van der Waals surface area contributed by atoms with Crippen LogP contribution in [-0.4, -0.2) is 55.4 Å². The Morgan fingerprint density at radius 2 is 1.68 bits per heavy atom. The minimum atomic E-state index is 0.365. The Balaban J connectivity index is 1.52. The first-order valence-corrected chi connectivity index (χ1v) is 10.3. The molecule has 2 aromatic carbocycles. The Bertz CT molecular complexity index is 730. The smallest absolute Gasteiger partial charge is 0.170 e. The number of anilines is 3. The lowest BCUT2D eigenvalue weighted by Crippen LogP contribution is -2.42. The summed E-state index contributed by atoms with van der Waals surface area (Å²) in [6.45, 7) is 9.86. The lowest BCUT2D eigenvalue weighted by Gasteiger charge is -2.29. The molecular formula is C22H30N4OS. The second-order valence-corrected chi connectivity index (χ2v) is 7.59. The Labute approximate surface area is 173 Å². The molecule has 1 aliphatic heterocycles. The van der Waals surface area contributed by atoms with Gasteiger partial charge in [-0.25, -0.2) is 0 Å². The molecule has 0 aromatic heterocycles. The number of rotatable bonds is 7. The van der Waals surface area contributed by atoms with E-state index in [1.807, 2.05) is 6.07 Å². The summed E-state index contributed by atoms with van der Waals surface area (Å²) in [5.41, 5.74) is 3.35. The van der Waals surface area contributed by atoms with E-state index in [4.69, 9.17) is 17.0 Å². The van der Waals surface area contributed by atoms with Crippen molar-refractivity contribution in [3.63, 3.8) is 0 Å².